The minimum atomic E-state index is -0.650. The van der Waals surface area contributed by atoms with Crippen molar-refractivity contribution >= 4 is 11.6 Å². The third-order valence-electron chi connectivity index (χ3n) is 4.02. The SMILES string of the molecule is Fc1ccc([C@@]2(Cn3[c]ncn3)OC2c2ccccc2Cl)cc1. The maximum Gasteiger partial charge on any atom is 0.196 e. The van der Waals surface area contributed by atoms with E-state index in [2.05, 4.69) is 16.4 Å². The van der Waals surface area contributed by atoms with E-state index in [1.165, 1.54) is 18.5 Å². The molecule has 23 heavy (non-hydrogen) atoms. The van der Waals surface area contributed by atoms with Crippen molar-refractivity contribution in [2.45, 2.75) is 18.2 Å². The molecule has 0 N–H and O–H groups in total. The molecular weight excluding hydrogens is 317 g/mol. The molecule has 1 unspecified atom stereocenters. The van der Waals surface area contributed by atoms with Crippen molar-refractivity contribution in [1.29, 1.82) is 0 Å². The van der Waals surface area contributed by atoms with E-state index in [1.54, 1.807) is 16.8 Å². The van der Waals surface area contributed by atoms with Gasteiger partial charge in [0.15, 0.2) is 6.33 Å². The molecule has 2 heterocycles. The number of hydrogen-bond acceptors (Lipinski definition) is 3. The lowest BCUT2D eigenvalue weighted by atomic mass is 9.91. The van der Waals surface area contributed by atoms with E-state index >= 15 is 0 Å². The van der Waals surface area contributed by atoms with Gasteiger partial charge in [0, 0.05) is 10.6 Å². The summed E-state index contributed by atoms with van der Waals surface area (Å²) in [5.74, 6) is -0.286. The van der Waals surface area contributed by atoms with Crippen molar-refractivity contribution in [2.75, 3.05) is 0 Å². The Hall–Kier alpha value is -2.24. The molecule has 3 aromatic rings. The summed E-state index contributed by atoms with van der Waals surface area (Å²) in [6.07, 6.45) is 3.97. The molecule has 0 saturated carbocycles. The average molecular weight is 329 g/mol. The summed E-state index contributed by atoms with van der Waals surface area (Å²) in [7, 11) is 0. The van der Waals surface area contributed by atoms with Gasteiger partial charge in [0.05, 0.1) is 6.54 Å². The van der Waals surface area contributed by atoms with Gasteiger partial charge in [-0.25, -0.2) is 14.1 Å². The molecule has 0 bridgehead atoms. The number of nitrogens with zero attached hydrogens (tertiary/aromatic N) is 3. The summed E-state index contributed by atoms with van der Waals surface area (Å²) in [4.78, 5) is 3.84. The lowest BCUT2D eigenvalue weighted by Crippen LogP contribution is -2.19. The minimum Gasteiger partial charge on any atom is -0.354 e. The molecule has 4 nitrogen and oxygen atoms in total. The van der Waals surface area contributed by atoms with Gasteiger partial charge in [-0.1, -0.05) is 41.9 Å². The predicted molar refractivity (Wildman–Crippen MR) is 82.2 cm³/mol. The van der Waals surface area contributed by atoms with E-state index in [-0.39, 0.29) is 11.9 Å². The standard InChI is InChI=1S/C17H12ClFN3O/c18-15-4-2-1-3-14(15)16-17(23-16,9-22-11-20-10-21-22)12-5-7-13(19)8-6-12/h1-8,10,16H,9H2/t16?,17-/m1/s1. The lowest BCUT2D eigenvalue weighted by Gasteiger charge is -2.14. The molecule has 0 spiro atoms. The Kier molecular flexibility index (Phi) is 3.39. The first-order valence-electron chi connectivity index (χ1n) is 7.13. The highest BCUT2D eigenvalue weighted by Crippen LogP contribution is 2.59. The zero-order chi connectivity index (χ0) is 15.9. The van der Waals surface area contributed by atoms with Crippen LogP contribution in [0.1, 0.15) is 17.2 Å². The monoisotopic (exact) mass is 328 g/mol. The molecule has 1 saturated heterocycles. The fourth-order valence-corrected chi connectivity index (χ4v) is 3.08. The van der Waals surface area contributed by atoms with E-state index < -0.39 is 5.60 Å². The van der Waals surface area contributed by atoms with Crippen molar-refractivity contribution in [2.24, 2.45) is 0 Å². The molecule has 2 atom stereocenters. The second-order valence-corrected chi connectivity index (χ2v) is 5.84. The number of hydrogen-bond donors (Lipinski definition) is 0. The number of benzene rings is 2. The largest absolute Gasteiger partial charge is 0.354 e. The molecule has 4 rings (SSSR count). The van der Waals surface area contributed by atoms with Gasteiger partial charge in [-0.2, -0.15) is 5.10 Å². The third-order valence-corrected chi connectivity index (χ3v) is 4.37. The van der Waals surface area contributed by atoms with Crippen LogP contribution in [-0.4, -0.2) is 14.8 Å². The van der Waals surface area contributed by atoms with Gasteiger partial charge >= 0.3 is 0 Å². The van der Waals surface area contributed by atoms with E-state index in [1.807, 2.05) is 24.3 Å². The van der Waals surface area contributed by atoms with Crippen LogP contribution in [0.4, 0.5) is 4.39 Å². The van der Waals surface area contributed by atoms with Crippen molar-refractivity contribution in [3.63, 3.8) is 0 Å². The van der Waals surface area contributed by atoms with Crippen LogP contribution in [0.15, 0.2) is 54.9 Å². The summed E-state index contributed by atoms with van der Waals surface area (Å²) < 4.78 is 20.9. The normalized spacial score (nSPS) is 23.0. The molecule has 0 aliphatic carbocycles. The summed E-state index contributed by atoms with van der Waals surface area (Å²) in [6, 6.07) is 13.9. The Balaban J connectivity index is 1.74. The van der Waals surface area contributed by atoms with Crippen LogP contribution in [0, 0.1) is 12.1 Å². The van der Waals surface area contributed by atoms with Crippen LogP contribution in [-0.2, 0) is 16.9 Å². The highest BCUT2D eigenvalue weighted by Gasteiger charge is 2.59. The van der Waals surface area contributed by atoms with Crippen LogP contribution in [0.2, 0.25) is 5.02 Å². The second kappa shape index (κ2) is 5.44. The first-order chi connectivity index (χ1) is 11.2. The third kappa shape index (κ3) is 2.52. The Morgan fingerprint density at radius 3 is 2.70 bits per heavy atom. The Labute approximate surface area is 137 Å². The maximum atomic E-state index is 13.3. The molecule has 6 heteroatoms. The Morgan fingerprint density at radius 2 is 2.00 bits per heavy atom. The van der Waals surface area contributed by atoms with Crippen LogP contribution in [0.3, 0.4) is 0 Å². The predicted octanol–water partition coefficient (Wildman–Crippen LogP) is 3.54. The minimum absolute atomic E-state index is 0.223. The molecule has 1 fully saturated rings. The first kappa shape index (κ1) is 14.4. The van der Waals surface area contributed by atoms with Crippen LogP contribution in [0.25, 0.3) is 0 Å². The smallest absolute Gasteiger partial charge is 0.196 e. The van der Waals surface area contributed by atoms with E-state index in [9.17, 15) is 4.39 Å². The number of aromatic nitrogens is 3. The highest BCUT2D eigenvalue weighted by atomic mass is 35.5. The fourth-order valence-electron chi connectivity index (χ4n) is 2.85. The molecule has 1 radical (unpaired) electrons. The van der Waals surface area contributed by atoms with Gasteiger partial charge in [0.1, 0.15) is 23.8 Å². The van der Waals surface area contributed by atoms with Gasteiger partial charge in [-0.05, 0) is 23.8 Å². The highest BCUT2D eigenvalue weighted by molar-refractivity contribution is 6.31. The van der Waals surface area contributed by atoms with Crippen molar-refractivity contribution in [1.82, 2.24) is 14.8 Å². The van der Waals surface area contributed by atoms with Gasteiger partial charge in [0.2, 0.25) is 0 Å². The summed E-state index contributed by atoms with van der Waals surface area (Å²) >= 11 is 6.30. The van der Waals surface area contributed by atoms with Crippen LogP contribution >= 0.6 is 11.6 Å². The Bertz CT molecular complexity index is 822. The van der Waals surface area contributed by atoms with E-state index in [0.29, 0.717) is 11.6 Å². The first-order valence-corrected chi connectivity index (χ1v) is 7.51. The number of epoxide rings is 1. The fraction of sp³-hybridized carbons (Fsp3) is 0.176. The molecule has 1 aromatic heterocycles. The van der Waals surface area contributed by atoms with Gasteiger partial charge in [0.25, 0.3) is 0 Å². The molecule has 2 aromatic carbocycles. The Morgan fingerprint density at radius 1 is 1.22 bits per heavy atom. The lowest BCUT2D eigenvalue weighted by molar-refractivity contribution is 0.262. The van der Waals surface area contributed by atoms with Crippen LogP contribution < -0.4 is 0 Å². The van der Waals surface area contributed by atoms with E-state index in [0.717, 1.165) is 11.1 Å². The second-order valence-electron chi connectivity index (χ2n) is 5.43. The topological polar surface area (TPSA) is 43.2 Å². The van der Waals surface area contributed by atoms with E-state index in [4.69, 9.17) is 16.3 Å². The number of ether oxygens (including phenoxy) is 1. The number of rotatable bonds is 4. The quantitative estimate of drug-likeness (QED) is 0.688. The molecule has 115 valence electrons. The maximum absolute atomic E-state index is 13.3. The van der Waals surface area contributed by atoms with Gasteiger partial charge in [-0.3, -0.25) is 0 Å². The van der Waals surface area contributed by atoms with Crippen molar-refractivity contribution < 1.29 is 9.13 Å². The van der Waals surface area contributed by atoms with Crippen molar-refractivity contribution in [3.8, 4) is 0 Å². The van der Waals surface area contributed by atoms with Gasteiger partial charge in [-0.15, -0.1) is 0 Å². The average Bonchev–Trinajstić information content (AvgIpc) is 3.02. The molecule has 1 aliphatic heterocycles. The number of halogens is 2. The molecular formula is C17H12ClFN3O. The zero-order valence-electron chi connectivity index (χ0n) is 12.0. The van der Waals surface area contributed by atoms with Crippen molar-refractivity contribution in [3.05, 3.63) is 83.2 Å². The van der Waals surface area contributed by atoms with Crippen LogP contribution in [0.5, 0.6) is 0 Å². The zero-order valence-corrected chi connectivity index (χ0v) is 12.7. The summed E-state index contributed by atoms with van der Waals surface area (Å²) in [6.45, 7) is 0.425. The van der Waals surface area contributed by atoms with Gasteiger partial charge < -0.3 is 4.74 Å². The molecule has 1 aliphatic rings. The summed E-state index contributed by atoms with van der Waals surface area (Å²) in [5.41, 5.74) is 1.12. The molecule has 0 amide bonds. The summed E-state index contributed by atoms with van der Waals surface area (Å²) in [5, 5.41) is 4.74.